The Morgan fingerprint density at radius 2 is 2.13 bits per heavy atom. The minimum atomic E-state index is -0.788. The second-order valence-electron chi connectivity index (χ2n) is 5.04. The molecule has 0 saturated heterocycles. The highest BCUT2D eigenvalue weighted by Crippen LogP contribution is 2.25. The van der Waals surface area contributed by atoms with Crippen molar-refractivity contribution in [3.8, 4) is 0 Å². The summed E-state index contributed by atoms with van der Waals surface area (Å²) in [5, 5.41) is 14.8. The van der Waals surface area contributed by atoms with Crippen molar-refractivity contribution >= 4 is 34.0 Å². The molecular weight excluding hydrogens is 298 g/mol. The number of hydrogen-bond acceptors (Lipinski definition) is 5. The van der Waals surface area contributed by atoms with Crippen LogP contribution in [-0.4, -0.2) is 20.4 Å². The highest BCUT2D eigenvalue weighted by Gasteiger charge is 2.16. The number of nitrogens with zero attached hydrogens (tertiary/aromatic N) is 3. The van der Waals surface area contributed by atoms with E-state index < -0.39 is 10.8 Å². The molecule has 0 aliphatic rings. The summed E-state index contributed by atoms with van der Waals surface area (Å²) < 4.78 is 1.96. The number of nitrogens with one attached hydrogen (secondary N) is 1. The number of primary amides is 1. The normalized spacial score (nSPS) is 10.7. The first-order valence-corrected chi connectivity index (χ1v) is 6.72. The lowest BCUT2D eigenvalue weighted by Gasteiger charge is -2.09. The van der Waals surface area contributed by atoms with Gasteiger partial charge in [0.15, 0.2) is 0 Å². The van der Waals surface area contributed by atoms with E-state index in [0.29, 0.717) is 5.69 Å². The molecule has 3 N–H and O–H groups in total. The lowest BCUT2D eigenvalue weighted by atomic mass is 10.2. The second-order valence-corrected chi connectivity index (χ2v) is 5.04. The van der Waals surface area contributed by atoms with Crippen molar-refractivity contribution in [3.63, 3.8) is 0 Å². The van der Waals surface area contributed by atoms with Crippen molar-refractivity contribution in [1.82, 2.24) is 9.55 Å². The largest absolute Gasteiger partial charge is 0.365 e. The van der Waals surface area contributed by atoms with Crippen LogP contribution in [0.15, 0.2) is 42.7 Å². The smallest absolute Gasteiger partial charge is 0.288 e. The quantitative estimate of drug-likeness (QED) is 0.566. The number of anilines is 2. The number of amides is 1. The Hall–Kier alpha value is -3.42. The third kappa shape index (κ3) is 2.69. The summed E-state index contributed by atoms with van der Waals surface area (Å²) >= 11 is 0. The first kappa shape index (κ1) is 14.5. The third-order valence-electron chi connectivity index (χ3n) is 3.50. The molecule has 0 bridgehead atoms. The summed E-state index contributed by atoms with van der Waals surface area (Å²) in [4.78, 5) is 25.6. The highest BCUT2D eigenvalue weighted by molar-refractivity contribution is 5.99. The third-order valence-corrected chi connectivity index (χ3v) is 3.50. The number of nitro groups is 1. The van der Waals surface area contributed by atoms with Gasteiger partial charge in [0.05, 0.1) is 10.5 Å². The van der Waals surface area contributed by atoms with Crippen molar-refractivity contribution in [2.24, 2.45) is 12.8 Å². The molecule has 0 unspecified atom stereocenters. The minimum absolute atomic E-state index is 0.0359. The fourth-order valence-electron chi connectivity index (χ4n) is 2.32. The zero-order valence-corrected chi connectivity index (χ0v) is 12.2. The molecule has 1 amide bonds. The van der Waals surface area contributed by atoms with E-state index in [1.165, 1.54) is 0 Å². The average molecular weight is 311 g/mol. The molecule has 2 aromatic heterocycles. The van der Waals surface area contributed by atoms with Gasteiger partial charge in [-0.1, -0.05) is 6.07 Å². The Morgan fingerprint density at radius 3 is 2.83 bits per heavy atom. The highest BCUT2D eigenvalue weighted by atomic mass is 16.6. The SMILES string of the molecule is Cn1ccc2ccc(Nc3ncc([N+](=O)[O-])cc3C(N)=O)cc21. The van der Waals surface area contributed by atoms with E-state index in [-0.39, 0.29) is 17.1 Å². The monoisotopic (exact) mass is 311 g/mol. The van der Waals surface area contributed by atoms with Gasteiger partial charge in [-0.25, -0.2) is 4.98 Å². The molecule has 8 heteroatoms. The summed E-state index contributed by atoms with van der Waals surface area (Å²) in [6.45, 7) is 0. The molecule has 0 saturated carbocycles. The Kier molecular flexibility index (Phi) is 3.41. The fraction of sp³-hybridized carbons (Fsp3) is 0.0667. The molecule has 1 aromatic carbocycles. The van der Waals surface area contributed by atoms with Gasteiger partial charge in [0.25, 0.3) is 11.6 Å². The van der Waals surface area contributed by atoms with Crippen LogP contribution in [0, 0.1) is 10.1 Å². The first-order chi connectivity index (χ1) is 11.0. The average Bonchev–Trinajstić information content (AvgIpc) is 2.88. The summed E-state index contributed by atoms with van der Waals surface area (Å²) in [7, 11) is 1.92. The van der Waals surface area contributed by atoms with Crippen molar-refractivity contribution in [2.45, 2.75) is 0 Å². The molecule has 0 aliphatic carbocycles. The van der Waals surface area contributed by atoms with Crippen LogP contribution in [0.4, 0.5) is 17.2 Å². The van der Waals surface area contributed by atoms with Gasteiger partial charge in [-0.3, -0.25) is 14.9 Å². The summed E-state index contributed by atoms with van der Waals surface area (Å²) in [5.74, 6) is -0.611. The molecule has 23 heavy (non-hydrogen) atoms. The zero-order valence-electron chi connectivity index (χ0n) is 12.2. The molecular formula is C15H13N5O3. The molecule has 0 radical (unpaired) electrons. The van der Waals surface area contributed by atoms with E-state index in [1.54, 1.807) is 0 Å². The Labute approximate surface area is 130 Å². The topological polar surface area (TPSA) is 116 Å². The second kappa shape index (κ2) is 5.41. The molecule has 0 atom stereocenters. The minimum Gasteiger partial charge on any atom is -0.365 e. The van der Waals surface area contributed by atoms with E-state index in [2.05, 4.69) is 10.3 Å². The number of carbonyl (C=O) groups excluding carboxylic acids is 1. The Morgan fingerprint density at radius 1 is 1.35 bits per heavy atom. The van der Waals surface area contributed by atoms with Gasteiger partial charge < -0.3 is 15.6 Å². The summed E-state index contributed by atoms with van der Waals surface area (Å²) in [6.07, 6.45) is 3.02. The number of carbonyl (C=O) groups is 1. The standard InChI is InChI=1S/C15H13N5O3/c1-19-5-4-9-2-3-10(6-13(9)19)18-15-12(14(16)21)7-11(8-17-15)20(22)23/h2-8H,1H3,(H2,16,21)(H,17,18). The first-order valence-electron chi connectivity index (χ1n) is 6.72. The van der Waals surface area contributed by atoms with E-state index in [9.17, 15) is 14.9 Å². The number of nitrogens with two attached hydrogens (primary N) is 1. The Bertz CT molecular complexity index is 932. The van der Waals surface area contributed by atoms with Crippen LogP contribution in [0.5, 0.6) is 0 Å². The molecule has 3 rings (SSSR count). The lowest BCUT2D eigenvalue weighted by Crippen LogP contribution is -2.14. The van der Waals surface area contributed by atoms with E-state index in [4.69, 9.17) is 5.73 Å². The number of hydrogen-bond donors (Lipinski definition) is 2. The van der Waals surface area contributed by atoms with E-state index >= 15 is 0 Å². The number of pyridine rings is 1. The van der Waals surface area contributed by atoms with Crippen LogP contribution in [-0.2, 0) is 7.05 Å². The number of fused-ring (bicyclic) bond motifs is 1. The Balaban J connectivity index is 2.02. The van der Waals surface area contributed by atoms with Crippen LogP contribution < -0.4 is 11.1 Å². The fourth-order valence-corrected chi connectivity index (χ4v) is 2.32. The predicted molar refractivity (Wildman–Crippen MR) is 85.6 cm³/mol. The van der Waals surface area contributed by atoms with Crippen molar-refractivity contribution in [3.05, 3.63) is 58.4 Å². The van der Waals surface area contributed by atoms with Crippen molar-refractivity contribution in [2.75, 3.05) is 5.32 Å². The van der Waals surface area contributed by atoms with Crippen molar-refractivity contribution in [1.29, 1.82) is 0 Å². The van der Waals surface area contributed by atoms with Crippen LogP contribution in [0.1, 0.15) is 10.4 Å². The lowest BCUT2D eigenvalue weighted by molar-refractivity contribution is -0.385. The van der Waals surface area contributed by atoms with Gasteiger partial charge in [0.2, 0.25) is 0 Å². The van der Waals surface area contributed by atoms with Gasteiger partial charge in [0.1, 0.15) is 12.0 Å². The molecule has 2 heterocycles. The molecule has 0 spiro atoms. The summed E-state index contributed by atoms with van der Waals surface area (Å²) in [5.41, 5.74) is 6.66. The maximum atomic E-state index is 11.5. The number of benzene rings is 1. The zero-order chi connectivity index (χ0) is 16.6. The van der Waals surface area contributed by atoms with E-state index in [1.807, 2.05) is 42.1 Å². The van der Waals surface area contributed by atoms with Crippen LogP contribution in [0.2, 0.25) is 0 Å². The predicted octanol–water partition coefficient (Wildman–Crippen LogP) is 2.32. The summed E-state index contributed by atoms with van der Waals surface area (Å²) in [6, 6.07) is 8.74. The molecule has 8 nitrogen and oxygen atoms in total. The van der Waals surface area contributed by atoms with Crippen molar-refractivity contribution < 1.29 is 9.72 Å². The van der Waals surface area contributed by atoms with Crippen LogP contribution in [0.25, 0.3) is 10.9 Å². The molecule has 0 aliphatic heterocycles. The maximum absolute atomic E-state index is 11.5. The van der Waals surface area contributed by atoms with E-state index in [0.717, 1.165) is 23.2 Å². The van der Waals surface area contributed by atoms with Gasteiger partial charge in [0, 0.05) is 30.5 Å². The molecule has 0 fully saturated rings. The number of aromatic nitrogens is 2. The van der Waals surface area contributed by atoms with Crippen LogP contribution >= 0.6 is 0 Å². The van der Waals surface area contributed by atoms with Crippen LogP contribution in [0.3, 0.4) is 0 Å². The van der Waals surface area contributed by atoms with Gasteiger partial charge in [-0.15, -0.1) is 0 Å². The number of rotatable bonds is 4. The molecule has 3 aromatic rings. The maximum Gasteiger partial charge on any atom is 0.288 e. The van der Waals surface area contributed by atoms with Gasteiger partial charge >= 0.3 is 0 Å². The molecule has 116 valence electrons. The van der Waals surface area contributed by atoms with Gasteiger partial charge in [-0.05, 0) is 23.6 Å². The number of aryl methyl sites for hydroxylation is 1. The van der Waals surface area contributed by atoms with Gasteiger partial charge in [-0.2, -0.15) is 0 Å².